The molecular weight excluding hydrogens is 321 g/mol. The minimum absolute atomic E-state index is 0.00487. The Labute approximate surface area is 145 Å². The van der Waals surface area contributed by atoms with Crippen LogP contribution in [0.25, 0.3) is 0 Å². The number of methoxy groups -OCH3 is 1. The van der Waals surface area contributed by atoms with Gasteiger partial charge in [0.05, 0.1) is 18.9 Å². The number of hydrogen-bond acceptors (Lipinski definition) is 4. The van der Waals surface area contributed by atoms with Crippen LogP contribution in [0.2, 0.25) is 0 Å². The third-order valence-electron chi connectivity index (χ3n) is 5.00. The van der Waals surface area contributed by atoms with Gasteiger partial charge < -0.3 is 9.47 Å². The summed E-state index contributed by atoms with van der Waals surface area (Å²) < 4.78 is 24.8. The molecule has 2 atom stereocenters. The van der Waals surface area contributed by atoms with E-state index >= 15 is 0 Å². The standard InChI is InChI=1S/C20H18FNO3/c1-13-4-5-15(10-17(13)21)19(2)11-18(23)25-20(19,12-22)14-6-8-16(24-3)9-7-14/h4-10H,11H2,1-3H3/t19-,20-/m0/s1. The molecule has 1 aliphatic rings. The van der Waals surface area contributed by atoms with E-state index < -0.39 is 17.0 Å². The molecule has 1 heterocycles. The molecule has 0 aromatic heterocycles. The lowest BCUT2D eigenvalue weighted by atomic mass is 9.66. The highest BCUT2D eigenvalue weighted by Gasteiger charge is 2.60. The maximum Gasteiger partial charge on any atom is 0.308 e. The van der Waals surface area contributed by atoms with Crippen molar-refractivity contribution in [3.05, 3.63) is 65.0 Å². The van der Waals surface area contributed by atoms with Crippen molar-refractivity contribution in [2.24, 2.45) is 0 Å². The summed E-state index contributed by atoms with van der Waals surface area (Å²) in [7, 11) is 1.55. The zero-order valence-corrected chi connectivity index (χ0v) is 14.3. The Bertz CT molecular complexity index is 872. The number of nitrogens with zero attached hydrogens (tertiary/aromatic N) is 1. The third kappa shape index (κ3) is 2.45. The van der Waals surface area contributed by atoms with Gasteiger partial charge in [-0.15, -0.1) is 0 Å². The first-order chi connectivity index (χ1) is 11.9. The van der Waals surface area contributed by atoms with E-state index in [-0.39, 0.29) is 12.2 Å². The number of rotatable bonds is 3. The number of ether oxygens (including phenoxy) is 2. The van der Waals surface area contributed by atoms with Crippen LogP contribution in [-0.2, 0) is 20.5 Å². The van der Waals surface area contributed by atoms with Gasteiger partial charge in [-0.25, -0.2) is 4.39 Å². The number of carbonyl (C=O) groups excluding carboxylic acids is 1. The lowest BCUT2D eigenvalue weighted by Gasteiger charge is -2.36. The molecule has 0 amide bonds. The molecule has 0 radical (unpaired) electrons. The molecule has 2 aromatic rings. The fourth-order valence-electron chi connectivity index (χ4n) is 3.39. The number of cyclic esters (lactones) is 1. The Morgan fingerprint density at radius 1 is 1.20 bits per heavy atom. The first-order valence-electron chi connectivity index (χ1n) is 7.90. The monoisotopic (exact) mass is 339 g/mol. The lowest BCUT2D eigenvalue weighted by molar-refractivity contribution is -0.146. The Balaban J connectivity index is 2.20. The highest BCUT2D eigenvalue weighted by molar-refractivity contribution is 5.77. The summed E-state index contributed by atoms with van der Waals surface area (Å²) in [5.74, 6) is -0.232. The number of hydrogen-bond donors (Lipinski definition) is 0. The fourth-order valence-corrected chi connectivity index (χ4v) is 3.39. The van der Waals surface area contributed by atoms with Crippen LogP contribution < -0.4 is 4.74 Å². The van der Waals surface area contributed by atoms with Gasteiger partial charge in [0.25, 0.3) is 0 Å². The van der Waals surface area contributed by atoms with E-state index in [1.807, 2.05) is 0 Å². The van der Waals surface area contributed by atoms with Gasteiger partial charge in [0.2, 0.25) is 5.60 Å². The predicted octanol–water partition coefficient (Wildman–Crippen LogP) is 3.77. The smallest absolute Gasteiger partial charge is 0.308 e. The number of aryl methyl sites for hydroxylation is 1. The maximum atomic E-state index is 14.1. The summed E-state index contributed by atoms with van der Waals surface area (Å²) >= 11 is 0. The topological polar surface area (TPSA) is 59.3 Å². The van der Waals surface area contributed by atoms with Crippen LogP contribution in [0.5, 0.6) is 5.75 Å². The Kier molecular flexibility index (Phi) is 4.00. The second-order valence-electron chi connectivity index (χ2n) is 6.47. The number of benzene rings is 2. The molecular formula is C20H18FNO3. The molecule has 3 rings (SSSR count). The SMILES string of the molecule is COc1ccc([C@]2(C#N)OC(=O)C[C@@]2(C)c2ccc(C)c(F)c2)cc1. The van der Waals surface area contributed by atoms with Crippen LogP contribution in [0.3, 0.4) is 0 Å². The average molecular weight is 339 g/mol. The van der Waals surface area contributed by atoms with Gasteiger partial charge in [-0.2, -0.15) is 5.26 Å². The average Bonchev–Trinajstić information content (AvgIpc) is 2.89. The summed E-state index contributed by atoms with van der Waals surface area (Å²) in [5, 5.41) is 9.98. The van der Waals surface area contributed by atoms with Crippen LogP contribution in [0.4, 0.5) is 4.39 Å². The number of halogens is 1. The molecule has 5 heteroatoms. The molecule has 1 fully saturated rings. The predicted molar refractivity (Wildman–Crippen MR) is 89.5 cm³/mol. The zero-order chi connectivity index (χ0) is 18.2. The summed E-state index contributed by atoms with van der Waals surface area (Å²) in [4.78, 5) is 12.2. The van der Waals surface area contributed by atoms with E-state index in [0.717, 1.165) is 0 Å². The molecule has 25 heavy (non-hydrogen) atoms. The molecule has 0 unspecified atom stereocenters. The van der Waals surface area contributed by atoms with E-state index in [9.17, 15) is 14.4 Å². The summed E-state index contributed by atoms with van der Waals surface area (Å²) in [6.45, 7) is 3.42. The van der Waals surface area contributed by atoms with E-state index in [1.54, 1.807) is 57.4 Å². The molecule has 0 bridgehead atoms. The Hall–Kier alpha value is -2.87. The number of esters is 1. The second-order valence-corrected chi connectivity index (χ2v) is 6.47. The van der Waals surface area contributed by atoms with Crippen molar-refractivity contribution >= 4 is 5.97 Å². The molecule has 0 spiro atoms. The van der Waals surface area contributed by atoms with E-state index in [1.165, 1.54) is 6.07 Å². The fraction of sp³-hybridized carbons (Fsp3) is 0.300. The van der Waals surface area contributed by atoms with Crippen LogP contribution in [-0.4, -0.2) is 13.1 Å². The van der Waals surface area contributed by atoms with Gasteiger partial charge in [0.1, 0.15) is 17.6 Å². The largest absolute Gasteiger partial charge is 0.497 e. The van der Waals surface area contributed by atoms with Gasteiger partial charge in [0.15, 0.2) is 0 Å². The Morgan fingerprint density at radius 2 is 1.84 bits per heavy atom. The molecule has 0 N–H and O–H groups in total. The maximum absolute atomic E-state index is 14.1. The van der Waals surface area contributed by atoms with Gasteiger partial charge in [-0.05, 0) is 43.2 Å². The number of carbonyl (C=O) groups is 1. The van der Waals surface area contributed by atoms with E-state index in [0.29, 0.717) is 22.4 Å². The van der Waals surface area contributed by atoms with Crippen molar-refractivity contribution in [1.29, 1.82) is 5.26 Å². The van der Waals surface area contributed by atoms with Gasteiger partial charge in [-0.1, -0.05) is 24.3 Å². The minimum atomic E-state index is -1.53. The zero-order valence-electron chi connectivity index (χ0n) is 14.3. The first-order valence-corrected chi connectivity index (χ1v) is 7.90. The lowest BCUT2D eigenvalue weighted by Crippen LogP contribution is -2.43. The molecule has 0 aliphatic carbocycles. The normalized spacial score (nSPS) is 25.3. The molecule has 2 aromatic carbocycles. The molecule has 4 nitrogen and oxygen atoms in total. The van der Waals surface area contributed by atoms with Crippen molar-refractivity contribution in [1.82, 2.24) is 0 Å². The van der Waals surface area contributed by atoms with Gasteiger partial charge in [0, 0.05) is 5.56 Å². The van der Waals surface area contributed by atoms with Crippen molar-refractivity contribution in [3.63, 3.8) is 0 Å². The molecule has 1 aliphatic heterocycles. The van der Waals surface area contributed by atoms with E-state index in [2.05, 4.69) is 6.07 Å². The van der Waals surface area contributed by atoms with Crippen LogP contribution in [0.1, 0.15) is 30.0 Å². The highest BCUT2D eigenvalue weighted by Crippen LogP contribution is 2.52. The van der Waals surface area contributed by atoms with Crippen LogP contribution in [0.15, 0.2) is 42.5 Å². The van der Waals surface area contributed by atoms with Gasteiger partial charge >= 0.3 is 5.97 Å². The second kappa shape index (κ2) is 5.89. The van der Waals surface area contributed by atoms with Crippen molar-refractivity contribution in [2.75, 3.05) is 7.11 Å². The number of nitriles is 1. The molecule has 1 saturated heterocycles. The Morgan fingerprint density at radius 3 is 2.40 bits per heavy atom. The summed E-state index contributed by atoms with van der Waals surface area (Å²) in [6, 6.07) is 13.8. The van der Waals surface area contributed by atoms with Crippen LogP contribution in [0, 0.1) is 24.1 Å². The summed E-state index contributed by atoms with van der Waals surface area (Å²) in [5.41, 5.74) is -0.950. The minimum Gasteiger partial charge on any atom is -0.497 e. The van der Waals surface area contributed by atoms with Crippen molar-refractivity contribution in [2.45, 2.75) is 31.3 Å². The molecule has 128 valence electrons. The van der Waals surface area contributed by atoms with Crippen molar-refractivity contribution in [3.8, 4) is 11.8 Å². The summed E-state index contributed by atoms with van der Waals surface area (Å²) in [6.07, 6.45) is -0.00487. The quantitative estimate of drug-likeness (QED) is 0.799. The molecule has 0 saturated carbocycles. The highest BCUT2D eigenvalue weighted by atomic mass is 19.1. The third-order valence-corrected chi connectivity index (χ3v) is 5.00. The van der Waals surface area contributed by atoms with Gasteiger partial charge in [-0.3, -0.25) is 4.79 Å². The van der Waals surface area contributed by atoms with Crippen LogP contribution >= 0.6 is 0 Å². The van der Waals surface area contributed by atoms with E-state index in [4.69, 9.17) is 9.47 Å². The van der Waals surface area contributed by atoms with Crippen molar-refractivity contribution < 1.29 is 18.7 Å². The first kappa shape index (κ1) is 17.0.